The van der Waals surface area contributed by atoms with E-state index in [1.807, 2.05) is 13.0 Å². The van der Waals surface area contributed by atoms with Crippen LogP contribution in [0.1, 0.15) is 31.4 Å². The van der Waals surface area contributed by atoms with Crippen LogP contribution in [0, 0.1) is 0 Å². The minimum absolute atomic E-state index is 0.00523. The van der Waals surface area contributed by atoms with Crippen molar-refractivity contribution in [1.29, 1.82) is 0 Å². The van der Waals surface area contributed by atoms with Gasteiger partial charge in [-0.2, -0.15) is 11.3 Å². The fourth-order valence-corrected chi connectivity index (χ4v) is 4.09. The van der Waals surface area contributed by atoms with E-state index in [9.17, 15) is 4.79 Å². The zero-order chi connectivity index (χ0) is 17.8. The molecule has 0 aliphatic carbocycles. The van der Waals surface area contributed by atoms with Crippen LogP contribution in [0.5, 0.6) is 11.5 Å². The van der Waals surface area contributed by atoms with Gasteiger partial charge in [-0.05, 0) is 60.8 Å². The van der Waals surface area contributed by atoms with Crippen LogP contribution in [0.4, 0.5) is 5.69 Å². The lowest BCUT2D eigenvalue weighted by molar-refractivity contribution is -0.121. The second-order valence-electron chi connectivity index (χ2n) is 6.19. The van der Waals surface area contributed by atoms with Crippen LogP contribution in [-0.2, 0) is 4.79 Å². The molecule has 0 saturated carbocycles. The Morgan fingerprint density at radius 3 is 2.76 bits per heavy atom. The molecule has 3 rings (SSSR count). The molecule has 1 aromatic carbocycles. The molecule has 2 atom stereocenters. The van der Waals surface area contributed by atoms with Crippen LogP contribution >= 0.6 is 11.3 Å². The Hall–Kier alpha value is -2.05. The van der Waals surface area contributed by atoms with E-state index in [1.165, 1.54) is 5.56 Å². The molecule has 0 spiro atoms. The largest absolute Gasteiger partial charge is 0.493 e. The van der Waals surface area contributed by atoms with E-state index in [0.29, 0.717) is 23.2 Å². The maximum absolute atomic E-state index is 12.7. The van der Waals surface area contributed by atoms with Crippen LogP contribution in [-0.4, -0.2) is 37.6 Å². The number of nitrogens with zero attached hydrogens (tertiary/aromatic N) is 1. The van der Waals surface area contributed by atoms with Crippen molar-refractivity contribution in [2.24, 2.45) is 0 Å². The second kappa shape index (κ2) is 7.89. The second-order valence-corrected chi connectivity index (χ2v) is 6.97. The number of benzene rings is 1. The zero-order valence-electron chi connectivity index (χ0n) is 14.8. The predicted octanol–water partition coefficient (Wildman–Crippen LogP) is 3.93. The van der Waals surface area contributed by atoms with Gasteiger partial charge in [-0.3, -0.25) is 9.69 Å². The molecule has 1 amide bonds. The van der Waals surface area contributed by atoms with Crippen LogP contribution in [0.15, 0.2) is 35.0 Å². The molecule has 25 heavy (non-hydrogen) atoms. The van der Waals surface area contributed by atoms with Crippen LogP contribution in [0.25, 0.3) is 0 Å². The van der Waals surface area contributed by atoms with Gasteiger partial charge in [-0.1, -0.05) is 0 Å². The average molecular weight is 360 g/mol. The van der Waals surface area contributed by atoms with E-state index in [-0.39, 0.29) is 11.9 Å². The van der Waals surface area contributed by atoms with E-state index in [2.05, 4.69) is 27.0 Å². The summed E-state index contributed by atoms with van der Waals surface area (Å²) in [5.41, 5.74) is 2.02. The van der Waals surface area contributed by atoms with E-state index >= 15 is 0 Å². The molecule has 0 bridgehead atoms. The molecule has 0 unspecified atom stereocenters. The Kier molecular flexibility index (Phi) is 5.60. The third kappa shape index (κ3) is 3.80. The maximum Gasteiger partial charge on any atom is 0.241 e. The van der Waals surface area contributed by atoms with Gasteiger partial charge in [0.1, 0.15) is 0 Å². The van der Waals surface area contributed by atoms with Crippen molar-refractivity contribution in [2.75, 3.05) is 26.1 Å². The molecule has 6 heteroatoms. The summed E-state index contributed by atoms with van der Waals surface area (Å²) in [6.45, 7) is 2.92. The minimum atomic E-state index is -0.194. The minimum Gasteiger partial charge on any atom is -0.493 e. The number of anilines is 1. The van der Waals surface area contributed by atoms with Crippen molar-refractivity contribution in [3.05, 3.63) is 40.6 Å². The van der Waals surface area contributed by atoms with E-state index in [0.717, 1.165) is 19.4 Å². The summed E-state index contributed by atoms with van der Waals surface area (Å²) < 4.78 is 10.5. The van der Waals surface area contributed by atoms with Gasteiger partial charge < -0.3 is 14.8 Å². The molecule has 1 saturated heterocycles. The summed E-state index contributed by atoms with van der Waals surface area (Å²) >= 11 is 1.71. The van der Waals surface area contributed by atoms with Gasteiger partial charge in [0.05, 0.1) is 20.3 Å². The Balaban J connectivity index is 1.70. The number of nitrogens with one attached hydrogen (secondary N) is 1. The topological polar surface area (TPSA) is 50.8 Å². The monoisotopic (exact) mass is 360 g/mol. The Morgan fingerprint density at radius 1 is 1.28 bits per heavy atom. The van der Waals surface area contributed by atoms with Crippen LogP contribution < -0.4 is 14.8 Å². The smallest absolute Gasteiger partial charge is 0.241 e. The fraction of sp³-hybridized carbons (Fsp3) is 0.421. The Bertz CT molecular complexity index is 717. The Labute approximate surface area is 152 Å². The summed E-state index contributed by atoms with van der Waals surface area (Å²) in [5, 5.41) is 7.28. The van der Waals surface area contributed by atoms with Gasteiger partial charge in [0.2, 0.25) is 5.91 Å². The van der Waals surface area contributed by atoms with Crippen molar-refractivity contribution in [2.45, 2.75) is 31.8 Å². The van der Waals surface area contributed by atoms with Crippen molar-refractivity contribution in [3.8, 4) is 11.5 Å². The molecule has 1 aliphatic heterocycles. The molecule has 134 valence electrons. The van der Waals surface area contributed by atoms with Gasteiger partial charge in [0, 0.05) is 17.8 Å². The van der Waals surface area contributed by atoms with Gasteiger partial charge >= 0.3 is 0 Å². The van der Waals surface area contributed by atoms with Gasteiger partial charge in [-0.15, -0.1) is 0 Å². The lowest BCUT2D eigenvalue weighted by Gasteiger charge is -2.29. The summed E-state index contributed by atoms with van der Waals surface area (Å²) in [6.07, 6.45) is 2.22. The normalized spacial score (nSPS) is 18.8. The molecule has 5 nitrogen and oxygen atoms in total. The molecular weight excluding hydrogens is 336 g/mol. The highest BCUT2D eigenvalue weighted by Crippen LogP contribution is 2.35. The molecule has 1 aromatic heterocycles. The van der Waals surface area contributed by atoms with Crippen molar-refractivity contribution >= 4 is 22.9 Å². The third-order valence-corrected chi connectivity index (χ3v) is 5.45. The fourth-order valence-electron chi connectivity index (χ4n) is 3.39. The van der Waals surface area contributed by atoms with Crippen molar-refractivity contribution < 1.29 is 14.3 Å². The first kappa shape index (κ1) is 17.8. The van der Waals surface area contributed by atoms with E-state index in [4.69, 9.17) is 9.47 Å². The number of likely N-dealkylation sites (tertiary alicyclic amines) is 1. The summed E-state index contributed by atoms with van der Waals surface area (Å²) in [4.78, 5) is 15.0. The molecule has 1 fully saturated rings. The number of rotatable bonds is 6. The predicted molar refractivity (Wildman–Crippen MR) is 101 cm³/mol. The maximum atomic E-state index is 12.7. The molecule has 2 heterocycles. The zero-order valence-corrected chi connectivity index (χ0v) is 15.6. The highest BCUT2D eigenvalue weighted by molar-refractivity contribution is 7.07. The van der Waals surface area contributed by atoms with Crippen molar-refractivity contribution in [1.82, 2.24) is 4.90 Å². The molecule has 1 aliphatic rings. The quantitative estimate of drug-likeness (QED) is 0.848. The van der Waals surface area contributed by atoms with Crippen LogP contribution in [0.2, 0.25) is 0 Å². The SMILES string of the molecule is COc1ccc(NC(=O)[C@@H](C)N2CCC[C@H]2c2ccsc2)cc1OC. The number of carbonyl (C=O) groups is 1. The number of methoxy groups -OCH3 is 2. The highest BCUT2D eigenvalue weighted by atomic mass is 32.1. The standard InChI is InChI=1S/C19H24N2O3S/c1-13(21-9-4-5-16(21)14-8-10-25-12-14)19(22)20-15-6-7-17(23-2)18(11-15)24-3/h6-8,10-13,16H,4-5,9H2,1-3H3,(H,20,22)/t13-,16+/m1/s1. The summed E-state index contributed by atoms with van der Waals surface area (Å²) in [6, 6.07) is 7.70. The third-order valence-electron chi connectivity index (χ3n) is 4.75. The summed E-state index contributed by atoms with van der Waals surface area (Å²) in [7, 11) is 3.18. The first-order valence-corrected chi connectivity index (χ1v) is 9.39. The average Bonchev–Trinajstić information content (AvgIpc) is 3.31. The van der Waals surface area contributed by atoms with E-state index < -0.39 is 0 Å². The number of ether oxygens (including phenoxy) is 2. The number of carbonyl (C=O) groups excluding carboxylic acids is 1. The molecule has 1 N–H and O–H groups in total. The highest BCUT2D eigenvalue weighted by Gasteiger charge is 2.33. The van der Waals surface area contributed by atoms with Gasteiger partial charge in [0.25, 0.3) is 0 Å². The molecule has 2 aromatic rings. The first-order chi connectivity index (χ1) is 12.1. The summed E-state index contributed by atoms with van der Waals surface area (Å²) in [5.74, 6) is 1.24. The van der Waals surface area contributed by atoms with Gasteiger partial charge in [-0.25, -0.2) is 0 Å². The van der Waals surface area contributed by atoms with Crippen molar-refractivity contribution in [3.63, 3.8) is 0 Å². The van der Waals surface area contributed by atoms with Gasteiger partial charge in [0.15, 0.2) is 11.5 Å². The lowest BCUT2D eigenvalue weighted by atomic mass is 10.1. The Morgan fingerprint density at radius 2 is 2.08 bits per heavy atom. The molecule has 0 radical (unpaired) electrons. The first-order valence-electron chi connectivity index (χ1n) is 8.44. The number of hydrogen-bond acceptors (Lipinski definition) is 5. The lowest BCUT2D eigenvalue weighted by Crippen LogP contribution is -2.41. The molecular formula is C19H24N2O3S. The van der Waals surface area contributed by atoms with Crippen LogP contribution in [0.3, 0.4) is 0 Å². The number of thiophene rings is 1. The van der Waals surface area contributed by atoms with E-state index in [1.54, 1.807) is 37.7 Å². The number of hydrogen-bond donors (Lipinski definition) is 1. The number of amides is 1.